The Morgan fingerprint density at radius 3 is 2.35 bits per heavy atom. The number of hydrogen-bond acceptors (Lipinski definition) is 10. The van der Waals surface area contributed by atoms with Gasteiger partial charge in [-0.15, -0.1) is 10.2 Å². The van der Waals surface area contributed by atoms with E-state index in [0.29, 0.717) is 47.4 Å². The van der Waals surface area contributed by atoms with Crippen LogP contribution in [0, 0.1) is 0 Å². The molecule has 1 unspecified atom stereocenters. The van der Waals surface area contributed by atoms with Crippen LogP contribution in [-0.4, -0.2) is 57.2 Å². The highest BCUT2D eigenvalue weighted by Gasteiger charge is 2.26. The number of nitrogens with two attached hydrogens (primary N) is 2. The molecule has 2 heterocycles. The molecule has 0 spiro atoms. The summed E-state index contributed by atoms with van der Waals surface area (Å²) < 4.78 is 30.5. The summed E-state index contributed by atoms with van der Waals surface area (Å²) in [7, 11) is 3.10. The topological polar surface area (TPSA) is 149 Å². The highest BCUT2D eigenvalue weighted by atomic mass is 19.1. The Kier molecular flexibility index (Phi) is 7.69. The fourth-order valence-electron chi connectivity index (χ4n) is 3.63. The Morgan fingerprint density at radius 2 is 1.76 bits per heavy atom. The molecule has 2 aromatic heterocycles. The number of nitrogen functional groups attached to an aromatic ring is 2. The molecular weight excluding hydrogens is 443 g/mol. The fourth-order valence-corrected chi connectivity index (χ4v) is 3.63. The Hall–Kier alpha value is -3.70. The first kappa shape index (κ1) is 24.9. The van der Waals surface area contributed by atoms with E-state index in [-0.39, 0.29) is 19.0 Å². The van der Waals surface area contributed by atoms with Crippen LogP contribution in [0.15, 0.2) is 18.2 Å². The van der Waals surface area contributed by atoms with E-state index in [1.165, 1.54) is 11.7 Å². The molecule has 0 fully saturated rings. The van der Waals surface area contributed by atoms with Gasteiger partial charge in [-0.1, -0.05) is 0 Å². The molecule has 11 nitrogen and oxygen atoms in total. The minimum Gasteiger partial charge on any atom is -0.493 e. The summed E-state index contributed by atoms with van der Waals surface area (Å²) in [6.45, 7) is 5.51. The zero-order valence-electron chi connectivity index (χ0n) is 20.1. The standard InChI is InChI=1S/C22H31FN8O3/c1-13(23)12-22(2,3)31-29-19(28-30-31)6-7-34-20-16(32-4)9-14(10-17(20)33-5)8-15-11-18(24)27-21(25)26-15/h9-11,13H,6-8,12H2,1-5H3,(H4,24,25,26,27). The van der Waals surface area contributed by atoms with Gasteiger partial charge >= 0.3 is 0 Å². The molecule has 34 heavy (non-hydrogen) atoms. The van der Waals surface area contributed by atoms with Crippen molar-refractivity contribution >= 4 is 11.8 Å². The normalized spacial score (nSPS) is 12.4. The maximum atomic E-state index is 13.5. The van der Waals surface area contributed by atoms with E-state index in [9.17, 15) is 4.39 Å². The number of nitrogens with zero attached hydrogens (tertiary/aromatic N) is 6. The van der Waals surface area contributed by atoms with E-state index in [1.54, 1.807) is 20.3 Å². The van der Waals surface area contributed by atoms with Crippen LogP contribution in [0.2, 0.25) is 0 Å². The van der Waals surface area contributed by atoms with Gasteiger partial charge < -0.3 is 25.7 Å². The van der Waals surface area contributed by atoms with Crippen LogP contribution < -0.4 is 25.7 Å². The van der Waals surface area contributed by atoms with Gasteiger partial charge in [0.1, 0.15) is 5.82 Å². The number of benzene rings is 1. The zero-order chi connectivity index (χ0) is 24.9. The van der Waals surface area contributed by atoms with E-state index in [4.69, 9.17) is 25.7 Å². The predicted octanol–water partition coefficient (Wildman–Crippen LogP) is 2.34. The second-order valence-electron chi connectivity index (χ2n) is 8.54. The lowest BCUT2D eigenvalue weighted by molar-refractivity contribution is 0.187. The van der Waals surface area contributed by atoms with Gasteiger partial charge in [-0.05, 0) is 43.7 Å². The van der Waals surface area contributed by atoms with Gasteiger partial charge in [0.15, 0.2) is 17.3 Å². The molecule has 0 aliphatic rings. The Labute approximate surface area is 197 Å². The molecule has 1 atom stereocenters. The number of tetrazole rings is 1. The summed E-state index contributed by atoms with van der Waals surface area (Å²) in [5.41, 5.74) is 12.4. The lowest BCUT2D eigenvalue weighted by Crippen LogP contribution is -2.31. The van der Waals surface area contributed by atoms with Crippen LogP contribution in [0.3, 0.4) is 0 Å². The number of methoxy groups -OCH3 is 2. The summed E-state index contributed by atoms with van der Waals surface area (Å²) in [5, 5.41) is 12.5. The summed E-state index contributed by atoms with van der Waals surface area (Å²) in [6, 6.07) is 5.33. The molecule has 0 radical (unpaired) electrons. The number of alkyl halides is 1. The van der Waals surface area contributed by atoms with Crippen LogP contribution in [0.1, 0.15) is 44.3 Å². The van der Waals surface area contributed by atoms with Gasteiger partial charge in [0.05, 0.1) is 38.2 Å². The van der Waals surface area contributed by atoms with Crippen molar-refractivity contribution in [3.05, 3.63) is 35.3 Å². The molecule has 0 amide bonds. The van der Waals surface area contributed by atoms with Crippen LogP contribution in [0.5, 0.6) is 17.2 Å². The molecule has 3 aromatic rings. The van der Waals surface area contributed by atoms with E-state index >= 15 is 0 Å². The maximum absolute atomic E-state index is 13.5. The predicted molar refractivity (Wildman–Crippen MR) is 125 cm³/mol. The summed E-state index contributed by atoms with van der Waals surface area (Å²) in [5.74, 6) is 2.36. The van der Waals surface area contributed by atoms with Crippen LogP contribution in [-0.2, 0) is 18.4 Å². The van der Waals surface area contributed by atoms with Gasteiger partial charge in [-0.2, -0.15) is 9.78 Å². The van der Waals surface area contributed by atoms with Crippen molar-refractivity contribution < 1.29 is 18.6 Å². The minimum atomic E-state index is -0.972. The number of rotatable bonds is 11. The number of hydrogen-bond donors (Lipinski definition) is 2. The van der Waals surface area contributed by atoms with E-state index < -0.39 is 11.7 Å². The van der Waals surface area contributed by atoms with Crippen molar-refractivity contribution in [3.8, 4) is 17.2 Å². The average molecular weight is 475 g/mol. The molecular formula is C22H31FN8O3. The average Bonchev–Trinajstić information content (AvgIpc) is 3.22. The molecule has 184 valence electrons. The molecule has 0 saturated heterocycles. The molecule has 4 N–H and O–H groups in total. The summed E-state index contributed by atoms with van der Waals surface area (Å²) in [6.07, 6.45) is 0.160. The van der Waals surface area contributed by atoms with Crippen molar-refractivity contribution in [2.24, 2.45) is 0 Å². The lowest BCUT2D eigenvalue weighted by Gasteiger charge is -2.23. The van der Waals surface area contributed by atoms with Crippen LogP contribution in [0.4, 0.5) is 16.2 Å². The molecule has 1 aromatic carbocycles. The SMILES string of the molecule is COc1cc(Cc2cc(N)nc(N)n2)cc(OC)c1OCCc1nnn(C(C)(C)CC(C)F)n1. The monoisotopic (exact) mass is 474 g/mol. The van der Waals surface area contributed by atoms with Gasteiger partial charge in [0.25, 0.3) is 0 Å². The minimum absolute atomic E-state index is 0.113. The smallest absolute Gasteiger partial charge is 0.222 e. The van der Waals surface area contributed by atoms with Gasteiger partial charge in [-0.25, -0.2) is 9.37 Å². The third kappa shape index (κ3) is 6.21. The Balaban J connectivity index is 1.71. The van der Waals surface area contributed by atoms with Gasteiger partial charge in [0.2, 0.25) is 11.7 Å². The number of aromatic nitrogens is 6. The summed E-state index contributed by atoms with van der Waals surface area (Å²) in [4.78, 5) is 9.54. The molecule has 0 bridgehead atoms. The first-order valence-corrected chi connectivity index (χ1v) is 10.8. The number of halogens is 1. The second kappa shape index (κ2) is 10.5. The van der Waals surface area contributed by atoms with Crippen molar-refractivity contribution in [1.29, 1.82) is 0 Å². The largest absolute Gasteiger partial charge is 0.493 e. The van der Waals surface area contributed by atoms with E-state index in [2.05, 4.69) is 25.4 Å². The molecule has 0 saturated carbocycles. The van der Waals surface area contributed by atoms with Crippen molar-refractivity contribution in [1.82, 2.24) is 30.2 Å². The van der Waals surface area contributed by atoms with E-state index in [1.807, 2.05) is 26.0 Å². The lowest BCUT2D eigenvalue weighted by atomic mass is 9.99. The first-order valence-electron chi connectivity index (χ1n) is 10.8. The third-order valence-corrected chi connectivity index (χ3v) is 5.07. The van der Waals surface area contributed by atoms with Crippen molar-refractivity contribution in [3.63, 3.8) is 0 Å². The third-order valence-electron chi connectivity index (χ3n) is 5.07. The zero-order valence-corrected chi connectivity index (χ0v) is 20.1. The van der Waals surface area contributed by atoms with Gasteiger partial charge in [0, 0.05) is 25.3 Å². The number of ether oxygens (including phenoxy) is 3. The second-order valence-corrected chi connectivity index (χ2v) is 8.54. The highest BCUT2D eigenvalue weighted by molar-refractivity contribution is 5.54. The maximum Gasteiger partial charge on any atom is 0.222 e. The van der Waals surface area contributed by atoms with Crippen LogP contribution >= 0.6 is 0 Å². The first-order chi connectivity index (χ1) is 16.1. The van der Waals surface area contributed by atoms with Crippen molar-refractivity contribution in [2.75, 3.05) is 32.3 Å². The Bertz CT molecular complexity index is 1070. The van der Waals surface area contributed by atoms with Crippen LogP contribution in [0.25, 0.3) is 0 Å². The molecule has 12 heteroatoms. The molecule has 3 rings (SSSR count). The fraction of sp³-hybridized carbons (Fsp3) is 0.500. The molecule has 0 aliphatic heterocycles. The van der Waals surface area contributed by atoms with Gasteiger partial charge in [-0.3, -0.25) is 0 Å². The van der Waals surface area contributed by atoms with Crippen molar-refractivity contribution in [2.45, 2.75) is 51.7 Å². The highest BCUT2D eigenvalue weighted by Crippen LogP contribution is 2.39. The van der Waals surface area contributed by atoms with E-state index in [0.717, 1.165) is 5.56 Å². The Morgan fingerprint density at radius 1 is 1.09 bits per heavy atom. The number of anilines is 2. The molecule has 0 aliphatic carbocycles. The summed E-state index contributed by atoms with van der Waals surface area (Å²) >= 11 is 0. The quantitative estimate of drug-likeness (QED) is 0.424.